The summed E-state index contributed by atoms with van der Waals surface area (Å²) < 4.78 is 1.83. The Kier molecular flexibility index (Phi) is 5.02. The second-order valence-corrected chi connectivity index (χ2v) is 8.34. The highest BCUT2D eigenvalue weighted by Gasteiger charge is 2.22. The van der Waals surface area contributed by atoms with Crippen molar-refractivity contribution in [3.8, 4) is 0 Å². The summed E-state index contributed by atoms with van der Waals surface area (Å²) >= 11 is 7.86. The first kappa shape index (κ1) is 18.2. The van der Waals surface area contributed by atoms with E-state index in [-0.39, 0.29) is 5.91 Å². The van der Waals surface area contributed by atoms with Gasteiger partial charge in [0.15, 0.2) is 5.13 Å². The molecule has 0 atom stereocenters. The van der Waals surface area contributed by atoms with Gasteiger partial charge in [0.05, 0.1) is 23.5 Å². The molecule has 3 aromatic rings. The topological polar surface area (TPSA) is 59.8 Å². The number of benzene rings is 1. The molecule has 0 radical (unpaired) electrons. The number of rotatable bonds is 4. The van der Waals surface area contributed by atoms with Crippen LogP contribution in [0.15, 0.2) is 24.3 Å². The largest absolute Gasteiger partial charge is 0.298 e. The maximum Gasteiger partial charge on any atom is 0.261 e. The number of halogens is 1. The summed E-state index contributed by atoms with van der Waals surface area (Å²) in [5.41, 5.74) is 4.26. The van der Waals surface area contributed by atoms with Crippen molar-refractivity contribution in [2.75, 3.05) is 5.32 Å². The summed E-state index contributed by atoms with van der Waals surface area (Å²) in [6.45, 7) is 4.31. The van der Waals surface area contributed by atoms with Gasteiger partial charge in [-0.3, -0.25) is 14.8 Å². The summed E-state index contributed by atoms with van der Waals surface area (Å²) in [5, 5.41) is 8.91. The van der Waals surface area contributed by atoms with Crippen LogP contribution >= 0.6 is 22.9 Å². The fraction of sp³-hybridized carbons (Fsp3) is 0.350. The summed E-state index contributed by atoms with van der Waals surface area (Å²) in [5.74, 6) is -0.151. The minimum atomic E-state index is -0.151. The average Bonchev–Trinajstić information content (AvgIpc) is 3.16. The molecule has 0 bridgehead atoms. The van der Waals surface area contributed by atoms with Crippen LogP contribution < -0.4 is 5.32 Å². The van der Waals surface area contributed by atoms with Crippen molar-refractivity contribution in [3.05, 3.63) is 62.4 Å². The molecule has 7 heteroatoms. The minimum absolute atomic E-state index is 0.151. The number of thiazole rings is 1. The molecule has 1 aromatic carbocycles. The number of aromatic nitrogens is 3. The number of amides is 1. The number of fused-ring (bicyclic) bond motifs is 1. The number of anilines is 1. The molecule has 0 saturated carbocycles. The number of carbonyl (C=O) groups is 1. The van der Waals surface area contributed by atoms with E-state index in [4.69, 9.17) is 11.6 Å². The number of hydrogen-bond donors (Lipinski definition) is 1. The van der Waals surface area contributed by atoms with Gasteiger partial charge in [0.2, 0.25) is 0 Å². The summed E-state index contributed by atoms with van der Waals surface area (Å²) in [4.78, 5) is 18.8. The Balaban J connectivity index is 1.56. The van der Waals surface area contributed by atoms with Crippen LogP contribution in [-0.2, 0) is 19.4 Å². The van der Waals surface area contributed by atoms with Gasteiger partial charge in [-0.05, 0) is 51.2 Å². The number of aryl methyl sites for hydroxylation is 3. The average molecular weight is 401 g/mol. The molecule has 0 spiro atoms. The Morgan fingerprint density at radius 3 is 2.81 bits per heavy atom. The van der Waals surface area contributed by atoms with Gasteiger partial charge in [0.25, 0.3) is 5.91 Å². The normalized spacial score (nSPS) is 13.4. The molecule has 1 amide bonds. The SMILES string of the molecule is Cc1nn(Cc2ccccc2Cl)c(C)c1C(=O)Nc1nc2c(s1)CCCC2. The zero-order valence-corrected chi connectivity index (χ0v) is 17.0. The first-order valence-electron chi connectivity index (χ1n) is 9.10. The van der Waals surface area contributed by atoms with Gasteiger partial charge >= 0.3 is 0 Å². The van der Waals surface area contributed by atoms with E-state index in [0.717, 1.165) is 29.8 Å². The van der Waals surface area contributed by atoms with E-state index in [2.05, 4.69) is 15.4 Å². The van der Waals surface area contributed by atoms with Gasteiger partial charge < -0.3 is 0 Å². The van der Waals surface area contributed by atoms with Gasteiger partial charge in [-0.1, -0.05) is 29.8 Å². The lowest BCUT2D eigenvalue weighted by Crippen LogP contribution is -2.14. The summed E-state index contributed by atoms with van der Waals surface area (Å²) in [7, 11) is 0. The number of nitrogens with one attached hydrogen (secondary N) is 1. The van der Waals surface area contributed by atoms with Crippen LogP contribution in [0.3, 0.4) is 0 Å². The molecular weight excluding hydrogens is 380 g/mol. The van der Waals surface area contributed by atoms with Crippen molar-refractivity contribution in [1.29, 1.82) is 0 Å². The molecule has 140 valence electrons. The zero-order chi connectivity index (χ0) is 19.0. The fourth-order valence-electron chi connectivity index (χ4n) is 3.53. The van der Waals surface area contributed by atoms with Gasteiger partial charge in [-0.2, -0.15) is 5.10 Å². The number of hydrogen-bond acceptors (Lipinski definition) is 4. The smallest absolute Gasteiger partial charge is 0.261 e. The van der Waals surface area contributed by atoms with E-state index in [1.807, 2.05) is 42.8 Å². The van der Waals surface area contributed by atoms with Crippen LogP contribution in [0.25, 0.3) is 0 Å². The maximum atomic E-state index is 12.9. The highest BCUT2D eigenvalue weighted by Crippen LogP contribution is 2.30. The Bertz CT molecular complexity index is 984. The third-order valence-electron chi connectivity index (χ3n) is 4.95. The lowest BCUT2D eigenvalue weighted by Gasteiger charge is -2.07. The Morgan fingerprint density at radius 2 is 2.04 bits per heavy atom. The molecule has 2 aromatic heterocycles. The van der Waals surface area contributed by atoms with Crippen LogP contribution in [0.1, 0.15) is 50.7 Å². The molecule has 27 heavy (non-hydrogen) atoms. The van der Waals surface area contributed by atoms with Gasteiger partial charge in [-0.15, -0.1) is 11.3 Å². The molecule has 2 heterocycles. The van der Waals surface area contributed by atoms with Gasteiger partial charge in [0.1, 0.15) is 0 Å². The lowest BCUT2D eigenvalue weighted by atomic mass is 10.0. The minimum Gasteiger partial charge on any atom is -0.298 e. The predicted octanol–water partition coefficient (Wildman–Crippen LogP) is 4.79. The van der Waals surface area contributed by atoms with Crippen molar-refractivity contribution < 1.29 is 4.79 Å². The summed E-state index contributed by atoms with van der Waals surface area (Å²) in [6, 6.07) is 7.68. The number of nitrogens with zero attached hydrogens (tertiary/aromatic N) is 3. The van der Waals surface area contributed by atoms with Crippen molar-refractivity contribution in [3.63, 3.8) is 0 Å². The number of carbonyl (C=O) groups excluding carboxylic acids is 1. The van der Waals surface area contributed by atoms with E-state index in [1.54, 1.807) is 11.3 Å². The second-order valence-electron chi connectivity index (χ2n) is 6.84. The Hall–Kier alpha value is -2.18. The standard InChI is InChI=1S/C20H21ClN4OS/c1-12-18(13(2)25(24-12)11-14-7-3-4-8-15(14)21)19(26)23-20-22-16-9-5-6-10-17(16)27-20/h3-4,7-8H,5-6,9-11H2,1-2H3,(H,22,23,26). The van der Waals surface area contributed by atoms with Gasteiger partial charge in [0, 0.05) is 15.6 Å². The lowest BCUT2D eigenvalue weighted by molar-refractivity contribution is 0.102. The van der Waals surface area contributed by atoms with E-state index in [1.165, 1.54) is 17.7 Å². The zero-order valence-electron chi connectivity index (χ0n) is 15.4. The molecule has 0 saturated heterocycles. The maximum absolute atomic E-state index is 12.9. The fourth-order valence-corrected chi connectivity index (χ4v) is 4.77. The molecule has 0 aliphatic heterocycles. The first-order valence-corrected chi connectivity index (χ1v) is 10.3. The molecule has 1 N–H and O–H groups in total. The first-order chi connectivity index (χ1) is 13.0. The quantitative estimate of drug-likeness (QED) is 0.684. The predicted molar refractivity (Wildman–Crippen MR) is 109 cm³/mol. The van der Waals surface area contributed by atoms with Crippen LogP contribution in [0.2, 0.25) is 5.02 Å². The van der Waals surface area contributed by atoms with E-state index in [9.17, 15) is 4.79 Å². The molecule has 4 rings (SSSR count). The van der Waals surface area contributed by atoms with Crippen LogP contribution in [0.5, 0.6) is 0 Å². The summed E-state index contributed by atoms with van der Waals surface area (Å²) in [6.07, 6.45) is 4.46. The highest BCUT2D eigenvalue weighted by atomic mass is 35.5. The van der Waals surface area contributed by atoms with Crippen molar-refractivity contribution >= 4 is 34.0 Å². The monoisotopic (exact) mass is 400 g/mol. The van der Waals surface area contributed by atoms with Gasteiger partial charge in [-0.25, -0.2) is 4.98 Å². The Labute approximate surface area is 167 Å². The third kappa shape index (κ3) is 3.64. The highest BCUT2D eigenvalue weighted by molar-refractivity contribution is 7.15. The van der Waals surface area contributed by atoms with E-state index < -0.39 is 0 Å². The molecule has 1 aliphatic carbocycles. The Morgan fingerprint density at radius 1 is 1.26 bits per heavy atom. The molecule has 0 fully saturated rings. The van der Waals surface area contributed by atoms with E-state index in [0.29, 0.717) is 28.0 Å². The van der Waals surface area contributed by atoms with Crippen LogP contribution in [0.4, 0.5) is 5.13 Å². The third-order valence-corrected chi connectivity index (χ3v) is 6.39. The molecule has 1 aliphatic rings. The van der Waals surface area contributed by atoms with Crippen LogP contribution in [0, 0.1) is 13.8 Å². The molecule has 5 nitrogen and oxygen atoms in total. The molecule has 0 unspecified atom stereocenters. The van der Waals surface area contributed by atoms with Crippen LogP contribution in [-0.4, -0.2) is 20.7 Å². The van der Waals surface area contributed by atoms with E-state index >= 15 is 0 Å². The second kappa shape index (κ2) is 7.44. The van der Waals surface area contributed by atoms with Crippen molar-refractivity contribution in [1.82, 2.24) is 14.8 Å². The van der Waals surface area contributed by atoms with Crippen molar-refractivity contribution in [2.24, 2.45) is 0 Å². The van der Waals surface area contributed by atoms with Crippen molar-refractivity contribution in [2.45, 2.75) is 46.1 Å². The molecular formula is C20H21ClN4OS.